The number of hydrogen-bond acceptors (Lipinski definition) is 7. The predicted molar refractivity (Wildman–Crippen MR) is 134 cm³/mol. The Bertz CT molecular complexity index is 1160. The van der Waals surface area contributed by atoms with Crippen LogP contribution in [0.25, 0.3) is 0 Å². The molecule has 34 heavy (non-hydrogen) atoms. The van der Waals surface area contributed by atoms with Gasteiger partial charge in [0.05, 0.1) is 0 Å². The number of carbonyl (C=O) groups excluding carboxylic acids is 1. The van der Waals surface area contributed by atoms with Crippen molar-refractivity contribution in [3.8, 4) is 0 Å². The monoisotopic (exact) mass is 457 g/mol. The van der Waals surface area contributed by atoms with Crippen LogP contribution in [0.3, 0.4) is 0 Å². The van der Waals surface area contributed by atoms with Crippen LogP contribution < -0.4 is 15.5 Å². The number of fused-ring (bicyclic) bond motifs is 1. The van der Waals surface area contributed by atoms with Gasteiger partial charge in [-0.1, -0.05) is 30.3 Å². The summed E-state index contributed by atoms with van der Waals surface area (Å²) >= 11 is 0. The van der Waals surface area contributed by atoms with Gasteiger partial charge in [0.1, 0.15) is 6.33 Å². The van der Waals surface area contributed by atoms with Crippen LogP contribution in [0.15, 0.2) is 54.9 Å². The van der Waals surface area contributed by atoms with Gasteiger partial charge in [0.25, 0.3) is 0 Å². The SMILES string of the molecule is CC(=O)Nc1cccc(Nc2ncnc(N3CCC(C4c5ccccc5CCN4C)CC3)n2)c1. The van der Waals surface area contributed by atoms with Crippen molar-refractivity contribution >= 4 is 29.2 Å². The summed E-state index contributed by atoms with van der Waals surface area (Å²) in [6.45, 7) is 4.47. The number of hydrogen-bond donors (Lipinski definition) is 2. The zero-order chi connectivity index (χ0) is 23.5. The van der Waals surface area contributed by atoms with Crippen LogP contribution in [0.5, 0.6) is 0 Å². The Morgan fingerprint density at radius 1 is 1.00 bits per heavy atom. The molecule has 0 aliphatic carbocycles. The molecule has 1 amide bonds. The third kappa shape index (κ3) is 4.87. The summed E-state index contributed by atoms with van der Waals surface area (Å²) in [5, 5.41) is 6.02. The van der Waals surface area contributed by atoms with E-state index < -0.39 is 0 Å². The first kappa shape index (κ1) is 22.3. The molecule has 1 aromatic heterocycles. The van der Waals surface area contributed by atoms with Crippen molar-refractivity contribution in [3.63, 3.8) is 0 Å². The molecular formula is C26H31N7O. The van der Waals surface area contributed by atoms with Crippen molar-refractivity contribution in [2.75, 3.05) is 42.2 Å². The van der Waals surface area contributed by atoms with Crippen LogP contribution in [-0.4, -0.2) is 52.4 Å². The van der Waals surface area contributed by atoms with Gasteiger partial charge in [0.2, 0.25) is 17.8 Å². The topological polar surface area (TPSA) is 86.3 Å². The summed E-state index contributed by atoms with van der Waals surface area (Å²) in [7, 11) is 2.26. The lowest BCUT2D eigenvalue weighted by Gasteiger charge is -2.43. The first-order valence-corrected chi connectivity index (χ1v) is 11.9. The Labute approximate surface area is 200 Å². The maximum absolute atomic E-state index is 11.3. The molecule has 0 bridgehead atoms. The molecule has 176 valence electrons. The number of aromatic nitrogens is 3. The number of anilines is 4. The first-order chi connectivity index (χ1) is 16.6. The summed E-state index contributed by atoms with van der Waals surface area (Å²) < 4.78 is 0. The summed E-state index contributed by atoms with van der Waals surface area (Å²) in [5.74, 6) is 1.71. The van der Waals surface area contributed by atoms with E-state index in [9.17, 15) is 4.79 Å². The smallest absolute Gasteiger partial charge is 0.231 e. The summed E-state index contributed by atoms with van der Waals surface area (Å²) in [6.07, 6.45) is 4.91. The van der Waals surface area contributed by atoms with E-state index in [1.165, 1.54) is 18.1 Å². The number of piperidine rings is 1. The lowest BCUT2D eigenvalue weighted by Crippen LogP contribution is -2.42. The molecule has 1 fully saturated rings. The predicted octanol–water partition coefficient (Wildman–Crippen LogP) is 4.02. The average molecular weight is 458 g/mol. The third-order valence-corrected chi connectivity index (χ3v) is 6.85. The normalized spacial score (nSPS) is 18.9. The van der Waals surface area contributed by atoms with Gasteiger partial charge < -0.3 is 15.5 Å². The van der Waals surface area contributed by atoms with Crippen LogP contribution >= 0.6 is 0 Å². The molecule has 0 saturated carbocycles. The van der Waals surface area contributed by atoms with E-state index in [4.69, 9.17) is 0 Å². The molecule has 2 aromatic carbocycles. The second-order valence-corrected chi connectivity index (χ2v) is 9.19. The molecule has 8 heteroatoms. The second-order valence-electron chi connectivity index (χ2n) is 9.19. The van der Waals surface area contributed by atoms with Crippen LogP contribution in [0.1, 0.15) is 36.9 Å². The highest BCUT2D eigenvalue weighted by atomic mass is 16.1. The zero-order valence-corrected chi connectivity index (χ0v) is 19.7. The molecule has 2 aliphatic rings. The van der Waals surface area contributed by atoms with Crippen molar-refractivity contribution in [1.82, 2.24) is 19.9 Å². The standard InChI is InChI=1S/C26H31N7O/c1-18(34)29-21-7-5-8-22(16-21)30-25-27-17-28-26(31-25)33-14-11-20(12-15-33)24-23-9-4-3-6-19(23)10-13-32(24)2/h3-9,16-17,20,24H,10-15H2,1-2H3,(H,29,34)(H,27,28,30,31). The molecule has 5 rings (SSSR count). The van der Waals surface area contributed by atoms with Crippen molar-refractivity contribution in [1.29, 1.82) is 0 Å². The Morgan fingerprint density at radius 3 is 2.62 bits per heavy atom. The maximum Gasteiger partial charge on any atom is 0.231 e. The van der Waals surface area contributed by atoms with Crippen LogP contribution in [0, 0.1) is 5.92 Å². The molecule has 1 unspecified atom stereocenters. The molecule has 3 aromatic rings. The van der Waals surface area contributed by atoms with Crippen LogP contribution in [0.2, 0.25) is 0 Å². The zero-order valence-electron chi connectivity index (χ0n) is 19.7. The van der Waals surface area contributed by atoms with Crippen LogP contribution in [0.4, 0.5) is 23.3 Å². The van der Waals surface area contributed by atoms with Gasteiger partial charge in [0.15, 0.2) is 0 Å². The number of likely N-dealkylation sites (N-methyl/N-ethyl adjacent to an activating group) is 1. The molecule has 2 N–H and O–H groups in total. The van der Waals surface area contributed by atoms with Crippen molar-refractivity contribution in [3.05, 3.63) is 66.0 Å². The fourth-order valence-electron chi connectivity index (χ4n) is 5.26. The Hall–Kier alpha value is -3.52. The van der Waals surface area contributed by atoms with Gasteiger partial charge in [-0.3, -0.25) is 9.69 Å². The average Bonchev–Trinajstić information content (AvgIpc) is 2.84. The van der Waals surface area contributed by atoms with Crippen molar-refractivity contribution in [2.24, 2.45) is 5.92 Å². The summed E-state index contributed by atoms with van der Waals surface area (Å²) in [5.41, 5.74) is 4.54. The molecule has 0 spiro atoms. The lowest BCUT2D eigenvalue weighted by molar-refractivity contribution is -0.114. The molecule has 8 nitrogen and oxygen atoms in total. The largest absolute Gasteiger partial charge is 0.341 e. The fraction of sp³-hybridized carbons (Fsp3) is 0.385. The number of amides is 1. The number of benzene rings is 2. The number of nitrogens with zero attached hydrogens (tertiary/aromatic N) is 5. The molecule has 0 radical (unpaired) electrons. The quantitative estimate of drug-likeness (QED) is 0.598. The Morgan fingerprint density at radius 2 is 1.79 bits per heavy atom. The van der Waals surface area contributed by atoms with Crippen LogP contribution in [-0.2, 0) is 11.2 Å². The number of nitrogens with one attached hydrogen (secondary N) is 2. The van der Waals surface area contributed by atoms with Gasteiger partial charge in [-0.25, -0.2) is 9.97 Å². The van der Waals surface area contributed by atoms with E-state index in [1.807, 2.05) is 24.3 Å². The first-order valence-electron chi connectivity index (χ1n) is 11.9. The molecule has 2 aliphatic heterocycles. The van der Waals surface area contributed by atoms with Crippen molar-refractivity contribution < 1.29 is 4.79 Å². The molecular weight excluding hydrogens is 426 g/mol. The number of carbonyl (C=O) groups is 1. The van der Waals surface area contributed by atoms with Gasteiger partial charge in [0, 0.05) is 44.0 Å². The second kappa shape index (κ2) is 9.77. The van der Waals surface area contributed by atoms with E-state index in [2.05, 4.69) is 66.7 Å². The lowest BCUT2D eigenvalue weighted by atomic mass is 9.80. The van der Waals surface area contributed by atoms with Gasteiger partial charge in [-0.05, 0) is 61.6 Å². The van der Waals surface area contributed by atoms with Gasteiger partial charge >= 0.3 is 0 Å². The summed E-state index contributed by atoms with van der Waals surface area (Å²) in [6, 6.07) is 16.9. The molecule has 3 heterocycles. The maximum atomic E-state index is 11.3. The highest BCUT2D eigenvalue weighted by Crippen LogP contribution is 2.39. The third-order valence-electron chi connectivity index (χ3n) is 6.85. The fourth-order valence-corrected chi connectivity index (χ4v) is 5.26. The van der Waals surface area contributed by atoms with Crippen molar-refractivity contribution in [2.45, 2.75) is 32.2 Å². The van der Waals surface area contributed by atoms with E-state index in [1.54, 1.807) is 6.33 Å². The van der Waals surface area contributed by atoms with Gasteiger partial charge in [-0.15, -0.1) is 0 Å². The van der Waals surface area contributed by atoms with E-state index in [-0.39, 0.29) is 5.91 Å². The van der Waals surface area contributed by atoms with E-state index in [0.717, 1.165) is 50.3 Å². The Kier molecular flexibility index (Phi) is 6.40. The molecule has 1 saturated heterocycles. The van der Waals surface area contributed by atoms with E-state index >= 15 is 0 Å². The number of rotatable bonds is 5. The minimum atomic E-state index is -0.106. The highest BCUT2D eigenvalue weighted by Gasteiger charge is 2.34. The summed E-state index contributed by atoms with van der Waals surface area (Å²) in [4.78, 5) is 29.5. The highest BCUT2D eigenvalue weighted by molar-refractivity contribution is 5.89. The molecule has 1 atom stereocenters. The Balaban J connectivity index is 1.25. The van der Waals surface area contributed by atoms with Gasteiger partial charge in [-0.2, -0.15) is 4.98 Å². The minimum absolute atomic E-state index is 0.106. The minimum Gasteiger partial charge on any atom is -0.341 e. The van der Waals surface area contributed by atoms with E-state index in [0.29, 0.717) is 23.9 Å².